The van der Waals surface area contributed by atoms with Gasteiger partial charge in [0.2, 0.25) is 17.6 Å². The Balaban J connectivity index is 1.43. The van der Waals surface area contributed by atoms with Crippen molar-refractivity contribution in [1.29, 1.82) is 0 Å². The summed E-state index contributed by atoms with van der Waals surface area (Å²) in [6, 6.07) is 16.0. The maximum Gasteiger partial charge on any atom is 0.232 e. The Labute approximate surface area is 164 Å². The van der Waals surface area contributed by atoms with Gasteiger partial charge < -0.3 is 14.2 Å². The Bertz CT molecular complexity index is 965. The molecule has 1 fully saturated rings. The third-order valence-electron chi connectivity index (χ3n) is 5.14. The number of benzene rings is 2. The number of ether oxygens (including phenoxy) is 1. The molecule has 144 valence electrons. The third kappa shape index (κ3) is 3.76. The van der Waals surface area contributed by atoms with E-state index in [1.54, 1.807) is 7.11 Å². The predicted octanol–water partition coefficient (Wildman–Crippen LogP) is 3.61. The second kappa shape index (κ2) is 7.84. The minimum absolute atomic E-state index is 0.0681. The SMILES string of the molecule is COc1ccccc1-c1noc(C2CC(=O)N(CCc3ccc(C)cc3)C2)n1. The van der Waals surface area contributed by atoms with E-state index in [-0.39, 0.29) is 11.8 Å². The van der Waals surface area contributed by atoms with Gasteiger partial charge in [-0.2, -0.15) is 4.98 Å². The lowest BCUT2D eigenvalue weighted by molar-refractivity contribution is -0.127. The molecule has 1 unspecified atom stereocenters. The summed E-state index contributed by atoms with van der Waals surface area (Å²) in [4.78, 5) is 18.8. The Kier molecular flexibility index (Phi) is 5.10. The smallest absolute Gasteiger partial charge is 0.232 e. The topological polar surface area (TPSA) is 68.5 Å². The van der Waals surface area contributed by atoms with Crippen molar-refractivity contribution >= 4 is 5.91 Å². The Hall–Kier alpha value is -3.15. The van der Waals surface area contributed by atoms with Crippen LogP contribution in [0.3, 0.4) is 0 Å². The fraction of sp³-hybridized carbons (Fsp3) is 0.318. The molecule has 1 aliphatic heterocycles. The summed E-state index contributed by atoms with van der Waals surface area (Å²) < 4.78 is 10.8. The standard InChI is InChI=1S/C22H23N3O3/c1-15-7-9-16(10-8-15)11-12-25-14-17(13-20(25)26)22-23-21(24-28-22)18-5-3-4-6-19(18)27-2/h3-10,17H,11-14H2,1-2H3. The molecule has 1 atom stereocenters. The number of nitrogens with zero attached hydrogens (tertiary/aromatic N) is 3. The summed E-state index contributed by atoms with van der Waals surface area (Å²) in [5, 5.41) is 4.10. The molecule has 0 N–H and O–H groups in total. The Morgan fingerprint density at radius 1 is 1.18 bits per heavy atom. The highest BCUT2D eigenvalue weighted by atomic mass is 16.5. The van der Waals surface area contributed by atoms with Crippen LogP contribution in [0.15, 0.2) is 53.1 Å². The van der Waals surface area contributed by atoms with Crippen LogP contribution in [0.5, 0.6) is 5.75 Å². The quantitative estimate of drug-likeness (QED) is 0.656. The summed E-state index contributed by atoms with van der Waals surface area (Å²) in [6.07, 6.45) is 1.25. The van der Waals surface area contributed by atoms with Gasteiger partial charge in [-0.25, -0.2) is 0 Å². The summed E-state index contributed by atoms with van der Waals surface area (Å²) in [5.41, 5.74) is 3.25. The first-order valence-electron chi connectivity index (χ1n) is 9.44. The van der Waals surface area contributed by atoms with Gasteiger partial charge >= 0.3 is 0 Å². The van der Waals surface area contributed by atoms with E-state index in [4.69, 9.17) is 9.26 Å². The first-order valence-corrected chi connectivity index (χ1v) is 9.44. The summed E-state index contributed by atoms with van der Waals surface area (Å²) in [6.45, 7) is 3.38. The minimum atomic E-state index is -0.0681. The molecule has 0 radical (unpaired) electrons. The van der Waals surface area contributed by atoms with Gasteiger partial charge in [-0.15, -0.1) is 0 Å². The minimum Gasteiger partial charge on any atom is -0.496 e. The number of methoxy groups -OCH3 is 1. The maximum absolute atomic E-state index is 12.4. The average molecular weight is 377 g/mol. The van der Waals surface area contributed by atoms with Crippen LogP contribution in [0.1, 0.15) is 29.4 Å². The zero-order chi connectivity index (χ0) is 19.5. The maximum atomic E-state index is 12.4. The molecule has 2 aromatic carbocycles. The number of rotatable bonds is 6. The molecule has 2 heterocycles. The molecule has 28 heavy (non-hydrogen) atoms. The van der Waals surface area contributed by atoms with Crippen LogP contribution in [0.4, 0.5) is 0 Å². The highest BCUT2D eigenvalue weighted by Crippen LogP contribution is 2.31. The van der Waals surface area contributed by atoms with Crippen molar-refractivity contribution in [2.24, 2.45) is 0 Å². The first-order chi connectivity index (χ1) is 13.6. The van der Waals surface area contributed by atoms with Gasteiger partial charge in [0.15, 0.2) is 0 Å². The summed E-state index contributed by atoms with van der Waals surface area (Å²) in [7, 11) is 1.61. The van der Waals surface area contributed by atoms with E-state index in [0.717, 1.165) is 12.0 Å². The van der Waals surface area contributed by atoms with E-state index in [9.17, 15) is 4.79 Å². The van der Waals surface area contributed by atoms with Gasteiger partial charge in [-0.1, -0.05) is 47.1 Å². The number of hydrogen-bond acceptors (Lipinski definition) is 5. The van der Waals surface area contributed by atoms with E-state index >= 15 is 0 Å². The average Bonchev–Trinajstić information content (AvgIpc) is 3.34. The number of likely N-dealkylation sites (tertiary alicyclic amines) is 1. The molecule has 0 aliphatic carbocycles. The van der Waals surface area contributed by atoms with Gasteiger partial charge in [0, 0.05) is 19.5 Å². The molecule has 6 nitrogen and oxygen atoms in total. The fourth-order valence-electron chi connectivity index (χ4n) is 3.51. The van der Waals surface area contributed by atoms with Gasteiger partial charge in [0.05, 0.1) is 18.6 Å². The highest BCUT2D eigenvalue weighted by Gasteiger charge is 2.34. The van der Waals surface area contributed by atoms with E-state index in [1.807, 2.05) is 29.2 Å². The van der Waals surface area contributed by atoms with E-state index in [2.05, 4.69) is 41.3 Å². The molecule has 0 bridgehead atoms. The van der Waals surface area contributed by atoms with Gasteiger partial charge in [-0.05, 0) is 31.0 Å². The molecule has 1 amide bonds. The van der Waals surface area contributed by atoms with Crippen molar-refractivity contribution in [3.05, 3.63) is 65.5 Å². The number of amides is 1. The van der Waals surface area contributed by atoms with Crippen LogP contribution in [0.2, 0.25) is 0 Å². The third-order valence-corrected chi connectivity index (χ3v) is 5.14. The molecule has 1 aromatic heterocycles. The lowest BCUT2D eigenvalue weighted by Crippen LogP contribution is -2.27. The number of carbonyl (C=O) groups is 1. The molecule has 6 heteroatoms. The van der Waals surface area contributed by atoms with Crippen LogP contribution in [0, 0.1) is 6.92 Å². The molecule has 1 aliphatic rings. The monoisotopic (exact) mass is 377 g/mol. The van der Waals surface area contributed by atoms with Crippen LogP contribution in [0.25, 0.3) is 11.4 Å². The normalized spacial score (nSPS) is 16.6. The van der Waals surface area contributed by atoms with E-state index < -0.39 is 0 Å². The molecular formula is C22H23N3O3. The Morgan fingerprint density at radius 3 is 2.75 bits per heavy atom. The number of carbonyl (C=O) groups excluding carboxylic acids is 1. The predicted molar refractivity (Wildman–Crippen MR) is 105 cm³/mol. The summed E-state index contributed by atoms with van der Waals surface area (Å²) >= 11 is 0. The van der Waals surface area contributed by atoms with Crippen molar-refractivity contribution in [3.8, 4) is 17.1 Å². The molecular weight excluding hydrogens is 354 g/mol. The fourth-order valence-corrected chi connectivity index (χ4v) is 3.51. The highest BCUT2D eigenvalue weighted by molar-refractivity contribution is 5.79. The molecule has 1 saturated heterocycles. The van der Waals surface area contributed by atoms with Gasteiger partial charge in [-0.3, -0.25) is 4.79 Å². The van der Waals surface area contributed by atoms with Crippen LogP contribution >= 0.6 is 0 Å². The number of hydrogen-bond donors (Lipinski definition) is 0. The zero-order valence-corrected chi connectivity index (χ0v) is 16.1. The van der Waals surface area contributed by atoms with E-state index in [1.165, 1.54) is 11.1 Å². The molecule has 3 aromatic rings. The molecule has 4 rings (SSSR count). The first kappa shape index (κ1) is 18.2. The van der Waals surface area contributed by atoms with Crippen molar-refractivity contribution in [2.75, 3.05) is 20.2 Å². The van der Waals surface area contributed by atoms with Crippen LogP contribution < -0.4 is 4.74 Å². The van der Waals surface area contributed by atoms with Crippen LogP contribution in [-0.2, 0) is 11.2 Å². The van der Waals surface area contributed by atoms with Crippen molar-refractivity contribution in [1.82, 2.24) is 15.0 Å². The Morgan fingerprint density at radius 2 is 1.96 bits per heavy atom. The second-order valence-electron chi connectivity index (χ2n) is 7.13. The number of para-hydroxylation sites is 1. The lowest BCUT2D eigenvalue weighted by atomic mass is 10.1. The zero-order valence-electron chi connectivity index (χ0n) is 16.1. The molecule has 0 saturated carbocycles. The van der Waals surface area contributed by atoms with Crippen molar-refractivity contribution < 1.29 is 14.1 Å². The summed E-state index contributed by atoms with van der Waals surface area (Å²) in [5.74, 6) is 1.75. The number of aromatic nitrogens is 2. The lowest BCUT2D eigenvalue weighted by Gasteiger charge is -2.15. The molecule has 0 spiro atoms. The van der Waals surface area contributed by atoms with Crippen molar-refractivity contribution in [3.63, 3.8) is 0 Å². The van der Waals surface area contributed by atoms with Gasteiger partial charge in [0.1, 0.15) is 5.75 Å². The van der Waals surface area contributed by atoms with Crippen molar-refractivity contribution in [2.45, 2.75) is 25.7 Å². The van der Waals surface area contributed by atoms with E-state index in [0.29, 0.717) is 37.0 Å². The van der Waals surface area contributed by atoms with Gasteiger partial charge in [0.25, 0.3) is 0 Å². The second-order valence-corrected chi connectivity index (χ2v) is 7.13. The van der Waals surface area contributed by atoms with Crippen LogP contribution in [-0.4, -0.2) is 41.1 Å². The largest absolute Gasteiger partial charge is 0.496 e. The number of aryl methyl sites for hydroxylation is 1.